The van der Waals surface area contributed by atoms with Crippen LogP contribution in [0.25, 0.3) is 0 Å². The maximum absolute atomic E-state index is 10.8. The molecule has 3 nitrogen and oxygen atoms in total. The second-order valence-electron chi connectivity index (χ2n) is 5.54. The fourth-order valence-corrected chi connectivity index (χ4v) is 4.24. The molecule has 4 rings (SSSR count). The molecule has 4 bridgehead atoms. The Bertz CT molecular complexity index is 239. The van der Waals surface area contributed by atoms with Crippen LogP contribution in [0, 0.1) is 11.8 Å². The van der Waals surface area contributed by atoms with E-state index < -0.39 is 5.97 Å². The predicted octanol–water partition coefficient (Wildman–Crippen LogP) is 1.38. The number of aliphatic carboxylic acids is 1. The molecule has 4 aliphatic rings. The van der Waals surface area contributed by atoms with Crippen molar-refractivity contribution in [2.45, 2.75) is 50.1 Å². The van der Waals surface area contributed by atoms with E-state index in [-0.39, 0.29) is 5.54 Å². The molecule has 2 saturated heterocycles. The first-order valence-electron chi connectivity index (χ1n) is 5.65. The van der Waals surface area contributed by atoms with Crippen molar-refractivity contribution in [3.05, 3.63) is 0 Å². The van der Waals surface area contributed by atoms with Crippen molar-refractivity contribution >= 4 is 5.97 Å². The van der Waals surface area contributed by atoms with Gasteiger partial charge < -0.3 is 10.4 Å². The van der Waals surface area contributed by atoms with E-state index in [0.717, 1.165) is 24.7 Å². The summed E-state index contributed by atoms with van der Waals surface area (Å²) in [6.07, 6.45) is 6.48. The molecule has 4 fully saturated rings. The van der Waals surface area contributed by atoms with Crippen molar-refractivity contribution in [3.63, 3.8) is 0 Å². The highest BCUT2D eigenvalue weighted by Gasteiger charge is 2.51. The Morgan fingerprint density at radius 3 is 2.43 bits per heavy atom. The van der Waals surface area contributed by atoms with Gasteiger partial charge in [-0.2, -0.15) is 0 Å². The smallest absolute Gasteiger partial charge is 0.305 e. The maximum Gasteiger partial charge on any atom is 0.305 e. The molecule has 2 unspecified atom stereocenters. The highest BCUT2D eigenvalue weighted by atomic mass is 16.4. The Morgan fingerprint density at radius 2 is 1.93 bits per heavy atom. The molecule has 78 valence electrons. The van der Waals surface area contributed by atoms with E-state index in [9.17, 15) is 4.79 Å². The molecule has 0 radical (unpaired) electrons. The summed E-state index contributed by atoms with van der Waals surface area (Å²) < 4.78 is 0. The molecule has 0 aromatic rings. The third-order valence-electron chi connectivity index (χ3n) is 4.26. The molecule has 0 amide bonds. The molecule has 0 aromatic carbocycles. The Hall–Kier alpha value is -0.570. The van der Waals surface area contributed by atoms with Crippen LogP contribution in [0.1, 0.15) is 38.5 Å². The summed E-state index contributed by atoms with van der Waals surface area (Å²) in [6.45, 7) is 0. The summed E-state index contributed by atoms with van der Waals surface area (Å²) in [5, 5.41) is 12.5. The summed E-state index contributed by atoms with van der Waals surface area (Å²) in [6, 6.07) is 0.626. The van der Waals surface area contributed by atoms with Crippen LogP contribution in [0.15, 0.2) is 0 Å². The third-order valence-corrected chi connectivity index (χ3v) is 4.26. The average molecular weight is 195 g/mol. The number of carbonyl (C=O) groups is 1. The van der Waals surface area contributed by atoms with E-state index in [2.05, 4.69) is 5.32 Å². The first-order chi connectivity index (χ1) is 6.65. The molecule has 2 saturated carbocycles. The zero-order chi connectivity index (χ0) is 9.76. The van der Waals surface area contributed by atoms with Crippen LogP contribution >= 0.6 is 0 Å². The third kappa shape index (κ3) is 1.26. The molecular formula is C11H17NO2. The van der Waals surface area contributed by atoms with E-state index in [4.69, 9.17) is 5.11 Å². The Kier molecular flexibility index (Phi) is 1.69. The lowest BCUT2D eigenvalue weighted by molar-refractivity contribution is -0.141. The molecule has 14 heavy (non-hydrogen) atoms. The van der Waals surface area contributed by atoms with Gasteiger partial charge in [0.15, 0.2) is 0 Å². The topological polar surface area (TPSA) is 49.3 Å². The minimum atomic E-state index is -0.639. The van der Waals surface area contributed by atoms with Crippen LogP contribution in [-0.2, 0) is 4.79 Å². The van der Waals surface area contributed by atoms with E-state index in [1.165, 1.54) is 19.3 Å². The molecular weight excluding hydrogens is 178 g/mol. The zero-order valence-electron chi connectivity index (χ0n) is 8.33. The van der Waals surface area contributed by atoms with Crippen molar-refractivity contribution in [1.29, 1.82) is 0 Å². The SMILES string of the molecule is O=C(O)CC12CC3CC(CC(C3)N1)C2. The average Bonchev–Trinajstić information content (AvgIpc) is 1.96. The molecule has 2 aliphatic heterocycles. The zero-order valence-corrected chi connectivity index (χ0v) is 8.33. The number of nitrogens with one attached hydrogen (secondary N) is 1. The lowest BCUT2D eigenvalue weighted by Gasteiger charge is -2.57. The van der Waals surface area contributed by atoms with Gasteiger partial charge in [0.25, 0.3) is 0 Å². The van der Waals surface area contributed by atoms with Gasteiger partial charge in [-0.25, -0.2) is 0 Å². The van der Waals surface area contributed by atoms with Crippen molar-refractivity contribution in [3.8, 4) is 0 Å². The lowest BCUT2D eigenvalue weighted by Crippen LogP contribution is -2.64. The first kappa shape index (κ1) is 8.72. The maximum atomic E-state index is 10.8. The van der Waals surface area contributed by atoms with Crippen LogP contribution < -0.4 is 5.32 Å². The fourth-order valence-electron chi connectivity index (χ4n) is 4.24. The normalized spacial score (nSPS) is 49.6. The van der Waals surface area contributed by atoms with E-state index >= 15 is 0 Å². The summed E-state index contributed by atoms with van der Waals surface area (Å²) in [7, 11) is 0. The number of carboxylic acids is 1. The number of carboxylic acid groups (broad SMARTS) is 1. The minimum Gasteiger partial charge on any atom is -0.481 e. The van der Waals surface area contributed by atoms with E-state index in [1.54, 1.807) is 0 Å². The highest BCUT2D eigenvalue weighted by Crippen LogP contribution is 2.50. The van der Waals surface area contributed by atoms with Crippen molar-refractivity contribution in [2.75, 3.05) is 0 Å². The van der Waals surface area contributed by atoms with Gasteiger partial charge >= 0.3 is 5.97 Å². The van der Waals surface area contributed by atoms with E-state index in [0.29, 0.717) is 12.5 Å². The van der Waals surface area contributed by atoms with Gasteiger partial charge in [0, 0.05) is 11.6 Å². The van der Waals surface area contributed by atoms with Crippen LogP contribution in [0.4, 0.5) is 0 Å². The van der Waals surface area contributed by atoms with Gasteiger partial charge in [-0.05, 0) is 43.9 Å². The largest absolute Gasteiger partial charge is 0.481 e. The monoisotopic (exact) mass is 195 g/mol. The van der Waals surface area contributed by atoms with Crippen LogP contribution in [-0.4, -0.2) is 22.7 Å². The van der Waals surface area contributed by atoms with Gasteiger partial charge in [-0.3, -0.25) is 4.79 Å². The van der Waals surface area contributed by atoms with Gasteiger partial charge in [-0.15, -0.1) is 0 Å². The van der Waals surface area contributed by atoms with Crippen molar-refractivity contribution < 1.29 is 9.90 Å². The quantitative estimate of drug-likeness (QED) is 0.700. The minimum absolute atomic E-state index is 0.0272. The lowest BCUT2D eigenvalue weighted by atomic mass is 9.58. The standard InChI is InChI=1S/C11H17NO2/c13-10(14)6-11-4-7-1-8(5-11)3-9(2-7)12-11/h7-9,12H,1-6H2,(H,13,14). The summed E-state index contributed by atoms with van der Waals surface area (Å²) in [4.78, 5) is 10.8. The molecule has 2 N–H and O–H groups in total. The number of hydrogen-bond acceptors (Lipinski definition) is 2. The Morgan fingerprint density at radius 1 is 1.29 bits per heavy atom. The molecule has 0 aromatic heterocycles. The van der Waals surface area contributed by atoms with Gasteiger partial charge in [0.1, 0.15) is 0 Å². The van der Waals surface area contributed by atoms with Gasteiger partial charge in [-0.1, -0.05) is 0 Å². The molecule has 3 heteroatoms. The predicted molar refractivity (Wildman–Crippen MR) is 52.0 cm³/mol. The number of piperidine rings is 2. The first-order valence-corrected chi connectivity index (χ1v) is 5.65. The molecule has 2 heterocycles. The van der Waals surface area contributed by atoms with Crippen LogP contribution in [0.5, 0.6) is 0 Å². The molecule has 0 spiro atoms. The van der Waals surface area contributed by atoms with Crippen LogP contribution in [0.3, 0.4) is 0 Å². The fraction of sp³-hybridized carbons (Fsp3) is 0.909. The number of hydrogen-bond donors (Lipinski definition) is 2. The van der Waals surface area contributed by atoms with Gasteiger partial charge in [0.2, 0.25) is 0 Å². The second kappa shape index (κ2) is 2.72. The summed E-state index contributed by atoms with van der Waals surface area (Å²) >= 11 is 0. The van der Waals surface area contributed by atoms with Crippen LogP contribution in [0.2, 0.25) is 0 Å². The van der Waals surface area contributed by atoms with Crippen molar-refractivity contribution in [2.24, 2.45) is 11.8 Å². The summed E-state index contributed by atoms with van der Waals surface area (Å²) in [5.74, 6) is 0.987. The van der Waals surface area contributed by atoms with E-state index in [1.807, 2.05) is 0 Å². The number of rotatable bonds is 2. The Balaban J connectivity index is 1.83. The summed E-state index contributed by atoms with van der Waals surface area (Å²) in [5.41, 5.74) is -0.0272. The highest BCUT2D eigenvalue weighted by molar-refractivity contribution is 5.68. The van der Waals surface area contributed by atoms with Crippen molar-refractivity contribution in [1.82, 2.24) is 5.32 Å². The van der Waals surface area contributed by atoms with Gasteiger partial charge in [0.05, 0.1) is 6.42 Å². The second-order valence-corrected chi connectivity index (χ2v) is 5.54. The molecule has 2 atom stereocenters. The Labute approximate surface area is 83.9 Å². The molecule has 2 aliphatic carbocycles.